The third-order valence-electron chi connectivity index (χ3n) is 11.8. The number of carbonyl (C=O) groups is 3. The average molecular weight is 1010 g/mol. The normalized spacial score (nSPS) is 13.2. The van der Waals surface area contributed by atoms with E-state index in [0.717, 1.165) is 122 Å². The number of allylic oxidation sites excluding steroid dienone is 24. The lowest BCUT2D eigenvalue weighted by Crippen LogP contribution is -2.30. The summed E-state index contributed by atoms with van der Waals surface area (Å²) in [6, 6.07) is 0. The minimum absolute atomic E-state index is 0.120. The number of esters is 3. The van der Waals surface area contributed by atoms with E-state index >= 15 is 0 Å². The van der Waals surface area contributed by atoms with Crippen LogP contribution in [0.5, 0.6) is 0 Å². The highest BCUT2D eigenvalue weighted by Crippen LogP contribution is 2.14. The van der Waals surface area contributed by atoms with Gasteiger partial charge in [-0.3, -0.25) is 14.4 Å². The number of rotatable bonds is 51. The Morgan fingerprint density at radius 3 is 0.904 bits per heavy atom. The fraction of sp³-hybridized carbons (Fsp3) is 0.597. The lowest BCUT2D eigenvalue weighted by Gasteiger charge is -2.18. The van der Waals surface area contributed by atoms with Gasteiger partial charge in [0.05, 0.1) is 0 Å². The van der Waals surface area contributed by atoms with E-state index < -0.39 is 6.10 Å². The van der Waals surface area contributed by atoms with Crippen LogP contribution < -0.4 is 0 Å². The molecule has 0 bridgehead atoms. The van der Waals surface area contributed by atoms with E-state index in [9.17, 15) is 14.4 Å². The van der Waals surface area contributed by atoms with E-state index in [0.29, 0.717) is 19.3 Å². The van der Waals surface area contributed by atoms with Crippen LogP contribution in [-0.4, -0.2) is 37.2 Å². The van der Waals surface area contributed by atoms with E-state index in [1.165, 1.54) is 70.6 Å². The summed E-state index contributed by atoms with van der Waals surface area (Å²) in [5, 5.41) is 0. The Bertz CT molecular complexity index is 1630. The van der Waals surface area contributed by atoms with Crippen molar-refractivity contribution in [2.75, 3.05) is 13.2 Å². The van der Waals surface area contributed by atoms with E-state index in [-0.39, 0.29) is 37.5 Å². The molecule has 0 heterocycles. The van der Waals surface area contributed by atoms with Crippen molar-refractivity contribution in [3.63, 3.8) is 0 Å². The first-order valence-electron chi connectivity index (χ1n) is 29.3. The van der Waals surface area contributed by atoms with E-state index in [4.69, 9.17) is 14.2 Å². The van der Waals surface area contributed by atoms with Crippen molar-refractivity contribution >= 4 is 17.9 Å². The van der Waals surface area contributed by atoms with Gasteiger partial charge in [-0.05, 0) is 135 Å². The molecule has 0 spiro atoms. The van der Waals surface area contributed by atoms with Crippen LogP contribution in [0.25, 0.3) is 0 Å². The van der Waals surface area contributed by atoms with E-state index in [2.05, 4.69) is 167 Å². The van der Waals surface area contributed by atoms with Crippen molar-refractivity contribution in [3.8, 4) is 0 Å². The van der Waals surface area contributed by atoms with Crippen LogP contribution in [0.2, 0.25) is 0 Å². The Balaban J connectivity index is 4.56. The molecule has 0 saturated carbocycles. The largest absolute Gasteiger partial charge is 0.462 e. The van der Waals surface area contributed by atoms with E-state index in [1.807, 2.05) is 0 Å². The molecule has 0 aromatic heterocycles. The fourth-order valence-corrected chi connectivity index (χ4v) is 7.47. The summed E-state index contributed by atoms with van der Waals surface area (Å²) in [5.74, 6) is -1.02. The zero-order valence-electron chi connectivity index (χ0n) is 46.8. The SMILES string of the molecule is CC/C=C/C/C=C/C/C=C/C/C=C/C/C=C/CCCCCC(=O)OC[C@@H](COC(=O)CCC/C=C/C/C=C/C/C=C/C/C=C/C/C=C/CC)OC(=O)CCCCCCCCCCC/C=C/C/C=C/CCCCC. The van der Waals surface area contributed by atoms with Crippen molar-refractivity contribution in [2.24, 2.45) is 0 Å². The predicted molar refractivity (Wildman–Crippen MR) is 315 cm³/mol. The van der Waals surface area contributed by atoms with Crippen LogP contribution in [0.4, 0.5) is 0 Å². The van der Waals surface area contributed by atoms with Crippen LogP contribution in [0, 0.1) is 0 Å². The number of hydrogen-bond acceptors (Lipinski definition) is 6. The molecule has 0 amide bonds. The highest BCUT2D eigenvalue weighted by atomic mass is 16.6. The monoisotopic (exact) mass is 1010 g/mol. The zero-order valence-corrected chi connectivity index (χ0v) is 46.8. The molecule has 0 fully saturated rings. The van der Waals surface area contributed by atoms with Crippen LogP contribution in [0.1, 0.15) is 239 Å². The van der Waals surface area contributed by atoms with Gasteiger partial charge in [-0.2, -0.15) is 0 Å². The van der Waals surface area contributed by atoms with Gasteiger partial charge in [0.25, 0.3) is 0 Å². The highest BCUT2D eigenvalue weighted by molar-refractivity contribution is 5.71. The molecule has 410 valence electrons. The molecule has 1 atom stereocenters. The maximum Gasteiger partial charge on any atom is 0.306 e. The van der Waals surface area contributed by atoms with Gasteiger partial charge in [-0.15, -0.1) is 0 Å². The quantitative estimate of drug-likeness (QED) is 0.0261. The number of carbonyl (C=O) groups excluding carboxylic acids is 3. The second kappa shape index (κ2) is 59.8. The Kier molecular flexibility index (Phi) is 56.0. The topological polar surface area (TPSA) is 78.9 Å². The van der Waals surface area contributed by atoms with Gasteiger partial charge in [0.15, 0.2) is 6.10 Å². The summed E-state index contributed by atoms with van der Waals surface area (Å²) in [7, 11) is 0. The van der Waals surface area contributed by atoms with Crippen molar-refractivity contribution in [1.82, 2.24) is 0 Å². The zero-order chi connectivity index (χ0) is 52.9. The smallest absolute Gasteiger partial charge is 0.306 e. The predicted octanol–water partition coefficient (Wildman–Crippen LogP) is 20.0. The van der Waals surface area contributed by atoms with Gasteiger partial charge in [0, 0.05) is 19.3 Å². The summed E-state index contributed by atoms with van der Waals surface area (Å²) in [5.41, 5.74) is 0. The molecule has 0 aromatic carbocycles. The molecule has 0 radical (unpaired) electrons. The maximum atomic E-state index is 12.9. The minimum Gasteiger partial charge on any atom is -0.462 e. The second-order valence-corrected chi connectivity index (χ2v) is 18.8. The number of hydrogen-bond donors (Lipinski definition) is 0. The number of unbranched alkanes of at least 4 members (excludes halogenated alkanes) is 16. The molecule has 0 aromatic rings. The first-order valence-corrected chi connectivity index (χ1v) is 29.3. The Morgan fingerprint density at radius 1 is 0.288 bits per heavy atom. The first-order chi connectivity index (χ1) is 36.0. The molecule has 0 unspecified atom stereocenters. The van der Waals surface area contributed by atoms with Crippen LogP contribution in [0.3, 0.4) is 0 Å². The van der Waals surface area contributed by atoms with Crippen molar-refractivity contribution in [3.05, 3.63) is 146 Å². The summed E-state index contributed by atoms with van der Waals surface area (Å²) < 4.78 is 16.8. The van der Waals surface area contributed by atoms with Gasteiger partial charge in [0.2, 0.25) is 0 Å². The Hall–Kier alpha value is -4.71. The minimum atomic E-state index is -0.825. The molecular formula is C67H106O6. The third kappa shape index (κ3) is 58.1. The summed E-state index contributed by atoms with van der Waals surface area (Å²) in [4.78, 5) is 38.2. The molecule has 0 rings (SSSR count). The second-order valence-electron chi connectivity index (χ2n) is 18.8. The number of ether oxygens (including phenoxy) is 3. The highest BCUT2D eigenvalue weighted by Gasteiger charge is 2.19. The van der Waals surface area contributed by atoms with Gasteiger partial charge in [0.1, 0.15) is 13.2 Å². The lowest BCUT2D eigenvalue weighted by atomic mass is 10.1. The third-order valence-corrected chi connectivity index (χ3v) is 11.8. The van der Waals surface area contributed by atoms with Crippen molar-refractivity contribution in [2.45, 2.75) is 245 Å². The molecule has 73 heavy (non-hydrogen) atoms. The average Bonchev–Trinajstić information content (AvgIpc) is 3.39. The van der Waals surface area contributed by atoms with Gasteiger partial charge < -0.3 is 14.2 Å². The molecule has 0 N–H and O–H groups in total. The first kappa shape index (κ1) is 68.3. The van der Waals surface area contributed by atoms with Gasteiger partial charge in [-0.1, -0.05) is 231 Å². The summed E-state index contributed by atoms with van der Waals surface area (Å²) in [6.07, 6.45) is 85.5. The van der Waals surface area contributed by atoms with Gasteiger partial charge in [-0.25, -0.2) is 0 Å². The summed E-state index contributed by atoms with van der Waals surface area (Å²) >= 11 is 0. The van der Waals surface area contributed by atoms with Gasteiger partial charge >= 0.3 is 17.9 Å². The molecule has 6 heteroatoms. The molecule has 6 nitrogen and oxygen atoms in total. The van der Waals surface area contributed by atoms with Crippen molar-refractivity contribution < 1.29 is 28.6 Å². The molecular weight excluding hydrogens is 901 g/mol. The van der Waals surface area contributed by atoms with Crippen LogP contribution in [0.15, 0.2) is 146 Å². The molecule has 0 aliphatic rings. The standard InChI is InChI=1S/C67H106O6/c1-4-7-10-13-16-19-22-25-28-31-33-36-39-42-45-48-51-54-57-60-66(69)72-63-64(62-71-65(68)59-56-53-50-47-44-41-38-35-30-27-24-21-18-15-12-9-6-3)73-67(70)61-58-55-52-49-46-43-40-37-34-32-29-26-23-20-17-14-11-8-5-2/h7,9-10,12,16-21,25-30,33,36,38,41-42,45,47,50,64H,4-6,8,11,13-15,22-24,31-32,34-35,37,39-40,43-44,46,48-49,51-63H2,1-3H3/b10-7+,12-9+,19-16+,20-17+,21-18+,28-25+,29-26+,30-27+,36-33+,41-38+,45-42+,50-47+/t64-/m1/s1. The fourth-order valence-electron chi connectivity index (χ4n) is 7.47. The lowest BCUT2D eigenvalue weighted by molar-refractivity contribution is -0.167. The molecule has 0 aliphatic heterocycles. The van der Waals surface area contributed by atoms with Crippen LogP contribution >= 0.6 is 0 Å². The Labute approximate surface area is 448 Å². The molecule has 0 saturated heterocycles. The van der Waals surface area contributed by atoms with Crippen LogP contribution in [-0.2, 0) is 28.6 Å². The molecule has 0 aliphatic carbocycles. The van der Waals surface area contributed by atoms with E-state index in [1.54, 1.807) is 0 Å². The maximum absolute atomic E-state index is 12.9. The Morgan fingerprint density at radius 2 is 0.548 bits per heavy atom. The summed E-state index contributed by atoms with van der Waals surface area (Å²) in [6.45, 7) is 6.30. The van der Waals surface area contributed by atoms with Crippen molar-refractivity contribution in [1.29, 1.82) is 0 Å².